The third kappa shape index (κ3) is 4.53. The van der Waals surface area contributed by atoms with Gasteiger partial charge in [-0.1, -0.05) is 48.5 Å². The van der Waals surface area contributed by atoms with Crippen molar-refractivity contribution in [1.82, 2.24) is 16.2 Å². The summed E-state index contributed by atoms with van der Waals surface area (Å²) in [5, 5.41) is 2.70. The van der Waals surface area contributed by atoms with Gasteiger partial charge in [-0.25, -0.2) is 5.43 Å². The maximum Gasteiger partial charge on any atom is 0.573 e. The van der Waals surface area contributed by atoms with Crippen LogP contribution in [0.5, 0.6) is 5.75 Å². The number of amides is 1. The van der Waals surface area contributed by atoms with Gasteiger partial charge in [-0.3, -0.25) is 10.2 Å². The highest BCUT2D eigenvalue weighted by atomic mass is 19.4. The zero-order valence-electron chi connectivity index (χ0n) is 13.7. The quantitative estimate of drug-likeness (QED) is 0.762. The number of nitrogens with one attached hydrogen (secondary N) is 3. The van der Waals surface area contributed by atoms with Gasteiger partial charge >= 0.3 is 6.36 Å². The van der Waals surface area contributed by atoms with Gasteiger partial charge in [-0.05, 0) is 11.6 Å². The van der Waals surface area contributed by atoms with Crippen LogP contribution < -0.4 is 20.9 Å². The Morgan fingerprint density at radius 2 is 1.81 bits per heavy atom. The molecule has 1 aliphatic rings. The van der Waals surface area contributed by atoms with E-state index in [1.54, 1.807) is 6.07 Å². The maximum absolute atomic E-state index is 12.5. The van der Waals surface area contributed by atoms with Crippen molar-refractivity contribution in [3.8, 4) is 5.75 Å². The smallest absolute Gasteiger partial charge is 0.405 e. The second-order valence-corrected chi connectivity index (χ2v) is 5.89. The van der Waals surface area contributed by atoms with E-state index >= 15 is 0 Å². The highest BCUT2D eigenvalue weighted by molar-refractivity contribution is 5.80. The normalized spacial score (nSPS) is 20.0. The van der Waals surface area contributed by atoms with E-state index in [0.717, 1.165) is 5.56 Å². The number of hydrogen-bond donors (Lipinski definition) is 3. The van der Waals surface area contributed by atoms with Crippen molar-refractivity contribution in [3.63, 3.8) is 0 Å². The number of rotatable bonds is 5. The third-order valence-corrected chi connectivity index (χ3v) is 4.13. The van der Waals surface area contributed by atoms with E-state index < -0.39 is 6.36 Å². The van der Waals surface area contributed by atoms with Crippen molar-refractivity contribution in [2.75, 3.05) is 6.54 Å². The van der Waals surface area contributed by atoms with Crippen LogP contribution in [0.4, 0.5) is 13.2 Å². The van der Waals surface area contributed by atoms with Gasteiger partial charge in [0.15, 0.2) is 0 Å². The molecule has 0 bridgehead atoms. The lowest BCUT2D eigenvalue weighted by Crippen LogP contribution is -2.34. The molecule has 1 aliphatic heterocycles. The summed E-state index contributed by atoms with van der Waals surface area (Å²) in [5.41, 5.74) is 7.23. The second-order valence-electron chi connectivity index (χ2n) is 5.89. The Labute approximate surface area is 148 Å². The Morgan fingerprint density at radius 1 is 1.12 bits per heavy atom. The van der Waals surface area contributed by atoms with E-state index in [0.29, 0.717) is 6.54 Å². The number of para-hydroxylation sites is 1. The Kier molecular flexibility index (Phi) is 5.43. The largest absolute Gasteiger partial charge is 0.573 e. The molecule has 2 aromatic carbocycles. The monoisotopic (exact) mass is 365 g/mol. The molecule has 8 heteroatoms. The van der Waals surface area contributed by atoms with Crippen molar-refractivity contribution in [2.45, 2.75) is 18.9 Å². The molecular weight excluding hydrogens is 347 g/mol. The topological polar surface area (TPSA) is 62.4 Å². The molecule has 3 N–H and O–H groups in total. The Balaban J connectivity index is 1.66. The van der Waals surface area contributed by atoms with E-state index in [2.05, 4.69) is 20.9 Å². The predicted octanol–water partition coefficient (Wildman–Crippen LogP) is 2.67. The fourth-order valence-corrected chi connectivity index (χ4v) is 2.90. The summed E-state index contributed by atoms with van der Waals surface area (Å²) in [6.07, 6.45) is -4.78. The first-order chi connectivity index (χ1) is 12.4. The minimum Gasteiger partial charge on any atom is -0.405 e. The number of benzene rings is 2. The van der Waals surface area contributed by atoms with Crippen molar-refractivity contribution in [1.29, 1.82) is 0 Å². The van der Waals surface area contributed by atoms with E-state index in [1.807, 2.05) is 30.3 Å². The van der Waals surface area contributed by atoms with Crippen LogP contribution in [-0.4, -0.2) is 18.8 Å². The van der Waals surface area contributed by atoms with Gasteiger partial charge in [0.25, 0.3) is 0 Å². The van der Waals surface area contributed by atoms with Crippen LogP contribution in [0.2, 0.25) is 0 Å². The van der Waals surface area contributed by atoms with Crippen LogP contribution in [0.15, 0.2) is 54.6 Å². The molecule has 0 spiro atoms. The summed E-state index contributed by atoms with van der Waals surface area (Å²) in [5.74, 6) is -0.950. The lowest BCUT2D eigenvalue weighted by Gasteiger charge is -2.19. The first-order valence-electron chi connectivity index (χ1n) is 8.09. The zero-order valence-corrected chi connectivity index (χ0v) is 13.7. The first kappa shape index (κ1) is 18.2. The zero-order chi connectivity index (χ0) is 18.6. The molecule has 0 saturated carbocycles. The number of ether oxygens (including phenoxy) is 1. The molecule has 26 heavy (non-hydrogen) atoms. The predicted molar refractivity (Wildman–Crippen MR) is 88.8 cm³/mol. The third-order valence-electron chi connectivity index (χ3n) is 4.13. The highest BCUT2D eigenvalue weighted by Gasteiger charge is 2.34. The average molecular weight is 365 g/mol. The number of alkyl halides is 3. The van der Waals surface area contributed by atoms with Crippen molar-refractivity contribution >= 4 is 5.91 Å². The number of halogens is 3. The SMILES string of the molecule is O=C(NCc1ccccc1OC(F)(F)F)C1CNNC1c1ccccc1. The minimum absolute atomic E-state index is 0.0525. The van der Waals surface area contributed by atoms with Crippen molar-refractivity contribution < 1.29 is 22.7 Å². The number of hydrogen-bond acceptors (Lipinski definition) is 4. The molecule has 3 rings (SSSR count). The summed E-state index contributed by atoms with van der Waals surface area (Å²) in [6.45, 7) is 0.370. The second kappa shape index (κ2) is 7.76. The van der Waals surface area contributed by atoms with E-state index in [4.69, 9.17) is 0 Å². The van der Waals surface area contributed by atoms with Gasteiger partial charge in [-0.15, -0.1) is 13.2 Å². The number of carbonyl (C=O) groups excluding carboxylic acids is 1. The number of carbonyl (C=O) groups is 1. The molecule has 1 heterocycles. The summed E-state index contributed by atoms with van der Waals surface area (Å²) < 4.78 is 41.4. The van der Waals surface area contributed by atoms with Gasteiger partial charge in [0, 0.05) is 18.7 Å². The molecule has 2 aromatic rings. The van der Waals surface area contributed by atoms with Crippen molar-refractivity contribution in [2.24, 2.45) is 5.92 Å². The molecular formula is C18H18F3N3O2. The van der Waals surface area contributed by atoms with Gasteiger partial charge in [-0.2, -0.15) is 0 Å². The summed E-state index contributed by atoms with van der Waals surface area (Å²) >= 11 is 0. The van der Waals surface area contributed by atoms with Gasteiger partial charge in [0.05, 0.1) is 12.0 Å². The summed E-state index contributed by atoms with van der Waals surface area (Å²) in [6, 6.07) is 15.0. The van der Waals surface area contributed by atoms with Gasteiger partial charge in [0.1, 0.15) is 5.75 Å². The standard InChI is InChI=1S/C18H18F3N3O2/c19-18(20,21)26-15-9-5-4-8-13(15)10-22-17(25)14-11-23-24-16(14)12-6-2-1-3-7-12/h1-9,14,16,23-24H,10-11H2,(H,22,25). The van der Waals surface area contributed by atoms with Crippen LogP contribution in [0, 0.1) is 5.92 Å². The van der Waals surface area contributed by atoms with E-state index in [-0.39, 0.29) is 35.7 Å². The molecule has 1 saturated heterocycles. The maximum atomic E-state index is 12.5. The molecule has 1 fully saturated rings. The van der Waals surface area contributed by atoms with Crippen LogP contribution in [0.1, 0.15) is 17.2 Å². The fraction of sp³-hybridized carbons (Fsp3) is 0.278. The average Bonchev–Trinajstić information content (AvgIpc) is 3.10. The van der Waals surface area contributed by atoms with Crippen LogP contribution in [0.3, 0.4) is 0 Å². The minimum atomic E-state index is -4.78. The van der Waals surface area contributed by atoms with E-state index in [9.17, 15) is 18.0 Å². The molecule has 5 nitrogen and oxygen atoms in total. The Morgan fingerprint density at radius 3 is 2.54 bits per heavy atom. The van der Waals surface area contributed by atoms with Gasteiger partial charge in [0.2, 0.25) is 5.91 Å². The first-order valence-corrected chi connectivity index (χ1v) is 8.09. The Hall–Kier alpha value is -2.58. The highest BCUT2D eigenvalue weighted by Crippen LogP contribution is 2.27. The fourth-order valence-electron chi connectivity index (χ4n) is 2.90. The van der Waals surface area contributed by atoms with Crippen LogP contribution in [-0.2, 0) is 11.3 Å². The number of hydrazine groups is 1. The molecule has 138 valence electrons. The van der Waals surface area contributed by atoms with Crippen LogP contribution in [0.25, 0.3) is 0 Å². The molecule has 0 aliphatic carbocycles. The summed E-state index contributed by atoms with van der Waals surface area (Å²) in [7, 11) is 0. The lowest BCUT2D eigenvalue weighted by molar-refractivity contribution is -0.274. The van der Waals surface area contributed by atoms with E-state index in [1.165, 1.54) is 18.2 Å². The lowest BCUT2D eigenvalue weighted by atomic mass is 9.94. The molecule has 1 amide bonds. The Bertz CT molecular complexity index is 753. The van der Waals surface area contributed by atoms with Crippen LogP contribution >= 0.6 is 0 Å². The van der Waals surface area contributed by atoms with Crippen molar-refractivity contribution in [3.05, 3.63) is 65.7 Å². The molecule has 2 atom stereocenters. The van der Waals surface area contributed by atoms with Gasteiger partial charge < -0.3 is 10.1 Å². The molecule has 0 radical (unpaired) electrons. The molecule has 0 aromatic heterocycles. The molecule has 2 unspecified atom stereocenters. The summed E-state index contributed by atoms with van der Waals surface area (Å²) in [4.78, 5) is 12.5.